The van der Waals surface area contributed by atoms with Crippen LogP contribution >= 0.6 is 0 Å². The molecule has 3 rings (SSSR count). The maximum absolute atomic E-state index is 11.4. The fraction of sp³-hybridized carbons (Fsp3) is 0.500. The average Bonchev–Trinajstić information content (AvgIpc) is 2.56. The van der Waals surface area contributed by atoms with Crippen LogP contribution in [0.25, 0.3) is 0 Å². The van der Waals surface area contributed by atoms with Gasteiger partial charge in [0.15, 0.2) is 0 Å². The number of rotatable bonds is 4. The summed E-state index contributed by atoms with van der Waals surface area (Å²) in [7, 11) is 1.68. The zero-order chi connectivity index (χ0) is 14.7. The lowest BCUT2D eigenvalue weighted by atomic mass is 9.80. The van der Waals surface area contributed by atoms with Gasteiger partial charge in [-0.15, -0.1) is 0 Å². The monoisotopic (exact) mass is 285 g/mol. The molecule has 1 heterocycles. The van der Waals surface area contributed by atoms with Gasteiger partial charge in [0.05, 0.1) is 13.2 Å². The van der Waals surface area contributed by atoms with Crippen molar-refractivity contribution in [1.29, 1.82) is 0 Å². The van der Waals surface area contributed by atoms with E-state index in [9.17, 15) is 4.79 Å². The van der Waals surface area contributed by atoms with Gasteiger partial charge in [-0.25, -0.2) is 0 Å². The van der Waals surface area contributed by atoms with Gasteiger partial charge in [-0.05, 0) is 61.8 Å². The number of ether oxygens (including phenoxy) is 1. The maximum Gasteiger partial charge on any atom is 0.210 e. The van der Waals surface area contributed by atoms with E-state index in [1.165, 1.54) is 36.8 Å². The summed E-state index contributed by atoms with van der Waals surface area (Å²) in [6, 6.07) is 8.48. The molecule has 112 valence electrons. The first-order chi connectivity index (χ1) is 10.3. The van der Waals surface area contributed by atoms with Gasteiger partial charge >= 0.3 is 0 Å². The van der Waals surface area contributed by atoms with E-state index >= 15 is 0 Å². The van der Waals surface area contributed by atoms with Gasteiger partial charge in [0.2, 0.25) is 6.41 Å². The number of methoxy groups -OCH3 is 1. The Morgan fingerprint density at radius 2 is 1.95 bits per heavy atom. The molecule has 0 saturated heterocycles. The first-order valence-corrected chi connectivity index (χ1v) is 7.86. The van der Waals surface area contributed by atoms with Gasteiger partial charge in [-0.1, -0.05) is 17.7 Å². The fourth-order valence-corrected chi connectivity index (χ4v) is 3.65. The summed E-state index contributed by atoms with van der Waals surface area (Å²) in [5.41, 5.74) is 4.43. The molecule has 0 aromatic heterocycles. The lowest BCUT2D eigenvalue weighted by molar-refractivity contribution is -0.119. The molecular formula is C18H23NO2. The topological polar surface area (TPSA) is 29.5 Å². The van der Waals surface area contributed by atoms with E-state index in [1.807, 2.05) is 17.0 Å². The van der Waals surface area contributed by atoms with Crippen LogP contribution < -0.4 is 4.74 Å². The van der Waals surface area contributed by atoms with Crippen molar-refractivity contribution in [3.05, 3.63) is 41.0 Å². The van der Waals surface area contributed by atoms with Crippen molar-refractivity contribution in [3.8, 4) is 5.75 Å². The van der Waals surface area contributed by atoms with E-state index in [1.54, 1.807) is 12.7 Å². The highest BCUT2D eigenvalue weighted by atomic mass is 16.5. The minimum absolute atomic E-state index is 0.264. The van der Waals surface area contributed by atoms with Crippen molar-refractivity contribution in [1.82, 2.24) is 4.90 Å². The standard InChI is InChI=1S/C18H23NO2/c1-21-16-8-6-14(7-9-16)12-18-17-5-3-2-4-15(17)10-11-19(18)13-20/h6-9,13,18H,2-5,10-12H2,1H3/t18-/m1/s1. The summed E-state index contributed by atoms with van der Waals surface area (Å²) >= 11 is 0. The highest BCUT2D eigenvalue weighted by molar-refractivity contribution is 5.51. The molecule has 3 heteroatoms. The molecular weight excluding hydrogens is 262 g/mol. The Kier molecular flexibility index (Phi) is 4.28. The first-order valence-electron chi connectivity index (χ1n) is 7.86. The number of carbonyl (C=O) groups excluding carboxylic acids is 1. The molecule has 0 radical (unpaired) electrons. The second kappa shape index (κ2) is 6.33. The van der Waals surface area contributed by atoms with Crippen LogP contribution in [0.2, 0.25) is 0 Å². The van der Waals surface area contributed by atoms with Gasteiger partial charge in [-0.3, -0.25) is 4.79 Å². The Morgan fingerprint density at radius 1 is 1.19 bits per heavy atom. The smallest absolute Gasteiger partial charge is 0.210 e. The van der Waals surface area contributed by atoms with Gasteiger partial charge in [0.25, 0.3) is 0 Å². The van der Waals surface area contributed by atoms with E-state index < -0.39 is 0 Å². The molecule has 1 aromatic carbocycles. The molecule has 1 aliphatic carbocycles. The van der Waals surface area contributed by atoms with Gasteiger partial charge in [0.1, 0.15) is 5.75 Å². The Morgan fingerprint density at radius 3 is 2.67 bits per heavy atom. The van der Waals surface area contributed by atoms with Gasteiger partial charge < -0.3 is 9.64 Å². The number of hydrogen-bond donors (Lipinski definition) is 0. The third kappa shape index (κ3) is 2.97. The van der Waals surface area contributed by atoms with Crippen LogP contribution in [0.3, 0.4) is 0 Å². The lowest BCUT2D eigenvalue weighted by Gasteiger charge is -2.39. The van der Waals surface area contributed by atoms with Crippen molar-refractivity contribution >= 4 is 6.41 Å². The number of carbonyl (C=O) groups is 1. The quantitative estimate of drug-likeness (QED) is 0.627. The SMILES string of the molecule is COc1ccc(C[C@@H]2C3=C(CCCC3)CCN2C=O)cc1. The molecule has 1 amide bonds. The minimum Gasteiger partial charge on any atom is -0.497 e. The van der Waals surface area contributed by atoms with Crippen LogP contribution in [0.15, 0.2) is 35.4 Å². The Hall–Kier alpha value is -1.77. The van der Waals surface area contributed by atoms with Crippen molar-refractivity contribution in [3.63, 3.8) is 0 Å². The highest BCUT2D eigenvalue weighted by Gasteiger charge is 2.29. The van der Waals surface area contributed by atoms with Crippen molar-refractivity contribution in [2.24, 2.45) is 0 Å². The van der Waals surface area contributed by atoms with Gasteiger partial charge in [0, 0.05) is 6.54 Å². The van der Waals surface area contributed by atoms with Crippen LogP contribution in [0.5, 0.6) is 5.75 Å². The lowest BCUT2D eigenvalue weighted by Crippen LogP contribution is -2.42. The Balaban J connectivity index is 1.83. The molecule has 1 atom stereocenters. The number of benzene rings is 1. The predicted octanol–water partition coefficient (Wildman–Crippen LogP) is 3.34. The minimum atomic E-state index is 0.264. The molecule has 1 aromatic rings. The molecule has 0 unspecified atom stereocenters. The molecule has 0 N–H and O–H groups in total. The summed E-state index contributed by atoms with van der Waals surface area (Å²) in [5, 5.41) is 0. The van der Waals surface area contributed by atoms with E-state index in [4.69, 9.17) is 4.74 Å². The largest absolute Gasteiger partial charge is 0.497 e. The highest BCUT2D eigenvalue weighted by Crippen LogP contribution is 2.35. The number of hydrogen-bond acceptors (Lipinski definition) is 2. The van der Waals surface area contributed by atoms with E-state index in [2.05, 4.69) is 12.1 Å². The van der Waals surface area contributed by atoms with Crippen LogP contribution in [0.1, 0.15) is 37.7 Å². The number of amides is 1. The normalized spacial score (nSPS) is 22.0. The van der Waals surface area contributed by atoms with E-state index in [-0.39, 0.29) is 6.04 Å². The third-order valence-corrected chi connectivity index (χ3v) is 4.83. The first kappa shape index (κ1) is 14.2. The molecule has 0 bridgehead atoms. The van der Waals surface area contributed by atoms with Crippen molar-refractivity contribution in [2.45, 2.75) is 44.6 Å². The maximum atomic E-state index is 11.4. The number of nitrogens with zero attached hydrogens (tertiary/aromatic N) is 1. The molecule has 21 heavy (non-hydrogen) atoms. The fourth-order valence-electron chi connectivity index (χ4n) is 3.65. The average molecular weight is 285 g/mol. The second-order valence-electron chi connectivity index (χ2n) is 6.00. The molecule has 1 aliphatic heterocycles. The predicted molar refractivity (Wildman–Crippen MR) is 83.4 cm³/mol. The summed E-state index contributed by atoms with van der Waals surface area (Å²) in [5.74, 6) is 0.882. The van der Waals surface area contributed by atoms with E-state index in [0.29, 0.717) is 0 Å². The zero-order valence-electron chi connectivity index (χ0n) is 12.7. The summed E-state index contributed by atoms with van der Waals surface area (Å²) in [6.07, 6.45) is 8.02. The zero-order valence-corrected chi connectivity index (χ0v) is 12.7. The molecule has 0 fully saturated rings. The third-order valence-electron chi connectivity index (χ3n) is 4.83. The summed E-state index contributed by atoms with van der Waals surface area (Å²) in [4.78, 5) is 13.4. The molecule has 0 spiro atoms. The Bertz CT molecular complexity index is 533. The molecule has 0 saturated carbocycles. The summed E-state index contributed by atoms with van der Waals surface area (Å²) < 4.78 is 5.21. The summed E-state index contributed by atoms with van der Waals surface area (Å²) in [6.45, 7) is 0.878. The van der Waals surface area contributed by atoms with Crippen molar-refractivity contribution in [2.75, 3.05) is 13.7 Å². The van der Waals surface area contributed by atoms with Crippen LogP contribution in [-0.4, -0.2) is 31.0 Å². The van der Waals surface area contributed by atoms with E-state index in [0.717, 1.165) is 31.5 Å². The molecule has 3 nitrogen and oxygen atoms in total. The molecule has 2 aliphatic rings. The van der Waals surface area contributed by atoms with Crippen LogP contribution in [-0.2, 0) is 11.2 Å². The Labute approximate surface area is 126 Å². The van der Waals surface area contributed by atoms with Crippen LogP contribution in [0.4, 0.5) is 0 Å². The second-order valence-corrected chi connectivity index (χ2v) is 6.00. The van der Waals surface area contributed by atoms with Gasteiger partial charge in [-0.2, -0.15) is 0 Å². The van der Waals surface area contributed by atoms with Crippen LogP contribution in [0, 0.1) is 0 Å². The van der Waals surface area contributed by atoms with Crippen molar-refractivity contribution < 1.29 is 9.53 Å².